The predicted molar refractivity (Wildman–Crippen MR) is 50.7 cm³/mol. The molecule has 0 aliphatic heterocycles. The van der Waals surface area contributed by atoms with Crippen LogP contribution in [-0.2, 0) is 0 Å². The molecule has 1 aromatic heterocycles. The van der Waals surface area contributed by atoms with Gasteiger partial charge in [0, 0.05) is 0 Å². The normalized spacial score (nSPS) is 10.1. The van der Waals surface area contributed by atoms with Crippen LogP contribution in [0, 0.1) is 0 Å². The summed E-state index contributed by atoms with van der Waals surface area (Å²) in [7, 11) is 0. The third kappa shape index (κ3) is 2.35. The lowest BCUT2D eigenvalue weighted by molar-refractivity contribution is 0.301. The van der Waals surface area contributed by atoms with E-state index in [0.717, 1.165) is 6.42 Å². The molecule has 13 heavy (non-hydrogen) atoms. The molecule has 1 rings (SSSR count). The summed E-state index contributed by atoms with van der Waals surface area (Å²) in [6.07, 6.45) is 0.828. The SMILES string of the molecule is CCCOc1n[nH]c(=O)c(Cl)c1Cl. The van der Waals surface area contributed by atoms with E-state index in [2.05, 4.69) is 10.2 Å². The lowest BCUT2D eigenvalue weighted by Crippen LogP contribution is -2.11. The standard InChI is InChI=1S/C7H8Cl2N2O2/c1-2-3-13-7-5(9)4(8)6(12)10-11-7/h2-3H2,1H3,(H,10,12). The quantitative estimate of drug-likeness (QED) is 0.850. The van der Waals surface area contributed by atoms with Crippen molar-refractivity contribution in [3.8, 4) is 5.88 Å². The van der Waals surface area contributed by atoms with Crippen LogP contribution in [0.3, 0.4) is 0 Å². The Morgan fingerprint density at radius 2 is 2.15 bits per heavy atom. The average molecular weight is 223 g/mol. The van der Waals surface area contributed by atoms with Gasteiger partial charge in [0.15, 0.2) is 0 Å². The zero-order valence-electron chi connectivity index (χ0n) is 6.93. The summed E-state index contributed by atoms with van der Waals surface area (Å²) < 4.78 is 5.12. The van der Waals surface area contributed by atoms with Crippen molar-refractivity contribution in [1.29, 1.82) is 0 Å². The first-order valence-corrected chi connectivity index (χ1v) is 4.49. The highest BCUT2D eigenvalue weighted by molar-refractivity contribution is 6.42. The smallest absolute Gasteiger partial charge is 0.284 e. The molecule has 6 heteroatoms. The highest BCUT2D eigenvalue weighted by Crippen LogP contribution is 2.25. The number of H-pyrrole nitrogens is 1. The van der Waals surface area contributed by atoms with Crippen molar-refractivity contribution < 1.29 is 4.74 Å². The molecule has 0 radical (unpaired) electrons. The highest BCUT2D eigenvalue weighted by Gasteiger charge is 2.10. The Balaban J connectivity index is 2.97. The maximum absolute atomic E-state index is 10.9. The Morgan fingerprint density at radius 1 is 1.46 bits per heavy atom. The van der Waals surface area contributed by atoms with Gasteiger partial charge in [-0.15, -0.1) is 5.10 Å². The lowest BCUT2D eigenvalue weighted by atomic mass is 10.5. The van der Waals surface area contributed by atoms with E-state index >= 15 is 0 Å². The number of nitrogens with zero attached hydrogens (tertiary/aromatic N) is 1. The summed E-state index contributed by atoms with van der Waals surface area (Å²) in [6.45, 7) is 2.43. The van der Waals surface area contributed by atoms with Crippen molar-refractivity contribution in [2.45, 2.75) is 13.3 Å². The molecule has 0 aliphatic rings. The minimum Gasteiger partial charge on any atom is -0.476 e. The van der Waals surface area contributed by atoms with Crippen LogP contribution in [0.5, 0.6) is 5.88 Å². The molecule has 0 aliphatic carbocycles. The van der Waals surface area contributed by atoms with E-state index in [1.54, 1.807) is 0 Å². The Kier molecular flexibility index (Phi) is 3.57. The molecule has 4 nitrogen and oxygen atoms in total. The third-order valence-electron chi connectivity index (χ3n) is 1.28. The first-order chi connectivity index (χ1) is 6.16. The zero-order chi connectivity index (χ0) is 9.84. The van der Waals surface area contributed by atoms with Crippen LogP contribution in [-0.4, -0.2) is 16.8 Å². The number of aromatic nitrogens is 2. The van der Waals surface area contributed by atoms with Crippen LogP contribution < -0.4 is 10.3 Å². The van der Waals surface area contributed by atoms with E-state index in [1.165, 1.54) is 0 Å². The minimum absolute atomic E-state index is 0.0545. The number of hydrogen-bond acceptors (Lipinski definition) is 3. The fraction of sp³-hybridized carbons (Fsp3) is 0.429. The Labute approximate surface area is 84.8 Å². The largest absolute Gasteiger partial charge is 0.476 e. The van der Waals surface area contributed by atoms with E-state index in [-0.39, 0.29) is 15.9 Å². The van der Waals surface area contributed by atoms with Gasteiger partial charge in [0.1, 0.15) is 10.0 Å². The topological polar surface area (TPSA) is 55.0 Å². The van der Waals surface area contributed by atoms with Gasteiger partial charge in [-0.2, -0.15) is 0 Å². The van der Waals surface area contributed by atoms with Crippen LogP contribution in [0.1, 0.15) is 13.3 Å². The maximum Gasteiger partial charge on any atom is 0.284 e. The second-order valence-electron chi connectivity index (χ2n) is 2.33. The fourth-order valence-corrected chi connectivity index (χ4v) is 0.993. The van der Waals surface area contributed by atoms with Gasteiger partial charge in [0.2, 0.25) is 0 Å². The minimum atomic E-state index is -0.518. The number of nitrogens with one attached hydrogen (secondary N) is 1. The lowest BCUT2D eigenvalue weighted by Gasteiger charge is -2.04. The summed E-state index contributed by atoms with van der Waals surface area (Å²) in [5.74, 6) is 0.160. The monoisotopic (exact) mass is 222 g/mol. The maximum atomic E-state index is 10.9. The molecular formula is C7H8Cl2N2O2. The van der Waals surface area contributed by atoms with E-state index in [4.69, 9.17) is 27.9 Å². The van der Waals surface area contributed by atoms with Crippen molar-refractivity contribution in [1.82, 2.24) is 10.2 Å². The van der Waals surface area contributed by atoms with Crippen molar-refractivity contribution >= 4 is 23.2 Å². The van der Waals surface area contributed by atoms with Gasteiger partial charge in [-0.3, -0.25) is 4.79 Å². The number of rotatable bonds is 3. The molecule has 72 valence electrons. The second kappa shape index (κ2) is 4.48. The zero-order valence-corrected chi connectivity index (χ0v) is 8.45. The molecule has 0 atom stereocenters. The van der Waals surface area contributed by atoms with Gasteiger partial charge in [0.25, 0.3) is 11.4 Å². The Morgan fingerprint density at radius 3 is 2.77 bits per heavy atom. The molecular weight excluding hydrogens is 215 g/mol. The number of hydrogen-bond donors (Lipinski definition) is 1. The molecule has 0 amide bonds. The van der Waals surface area contributed by atoms with Crippen LogP contribution >= 0.6 is 23.2 Å². The molecule has 0 fully saturated rings. The van der Waals surface area contributed by atoms with Gasteiger partial charge >= 0.3 is 0 Å². The van der Waals surface area contributed by atoms with E-state index < -0.39 is 5.56 Å². The second-order valence-corrected chi connectivity index (χ2v) is 3.09. The Hall–Kier alpha value is -0.740. The van der Waals surface area contributed by atoms with E-state index in [0.29, 0.717) is 6.61 Å². The van der Waals surface area contributed by atoms with Gasteiger partial charge in [0.05, 0.1) is 6.61 Å². The summed E-state index contributed by atoms with van der Waals surface area (Å²) in [4.78, 5) is 10.9. The number of ether oxygens (including phenoxy) is 1. The van der Waals surface area contributed by atoms with Crippen LogP contribution in [0.2, 0.25) is 10.0 Å². The molecule has 1 aromatic rings. The van der Waals surface area contributed by atoms with Crippen molar-refractivity contribution in [2.75, 3.05) is 6.61 Å². The van der Waals surface area contributed by atoms with Gasteiger partial charge in [-0.05, 0) is 6.42 Å². The van der Waals surface area contributed by atoms with Gasteiger partial charge in [-0.25, -0.2) is 5.10 Å². The molecule has 0 saturated carbocycles. The van der Waals surface area contributed by atoms with Crippen molar-refractivity contribution in [2.24, 2.45) is 0 Å². The highest BCUT2D eigenvalue weighted by atomic mass is 35.5. The predicted octanol–water partition coefficient (Wildman–Crippen LogP) is 1.87. The molecule has 0 saturated heterocycles. The molecule has 1 heterocycles. The number of halogens is 2. The van der Waals surface area contributed by atoms with Crippen LogP contribution in [0.4, 0.5) is 0 Å². The van der Waals surface area contributed by atoms with Crippen molar-refractivity contribution in [3.63, 3.8) is 0 Å². The summed E-state index contributed by atoms with van der Waals surface area (Å²) in [5.41, 5.74) is -0.518. The summed E-state index contributed by atoms with van der Waals surface area (Å²) >= 11 is 11.3. The third-order valence-corrected chi connectivity index (χ3v) is 2.09. The number of aromatic amines is 1. The Bertz CT molecular complexity index is 351. The van der Waals surface area contributed by atoms with E-state index in [1.807, 2.05) is 6.92 Å². The van der Waals surface area contributed by atoms with Crippen LogP contribution in [0.25, 0.3) is 0 Å². The molecule has 0 bridgehead atoms. The van der Waals surface area contributed by atoms with E-state index in [9.17, 15) is 4.79 Å². The first-order valence-electron chi connectivity index (χ1n) is 3.73. The van der Waals surface area contributed by atoms with Gasteiger partial charge in [-0.1, -0.05) is 30.1 Å². The molecule has 0 aromatic carbocycles. The van der Waals surface area contributed by atoms with Gasteiger partial charge < -0.3 is 4.74 Å². The van der Waals surface area contributed by atoms with Crippen molar-refractivity contribution in [3.05, 3.63) is 20.4 Å². The summed E-state index contributed by atoms with van der Waals surface area (Å²) in [5, 5.41) is 5.73. The molecule has 0 unspecified atom stereocenters. The first kappa shape index (κ1) is 10.3. The molecule has 1 N–H and O–H groups in total. The summed E-state index contributed by atoms with van der Waals surface area (Å²) in [6, 6.07) is 0. The fourth-order valence-electron chi connectivity index (χ4n) is 0.688. The molecule has 0 spiro atoms. The van der Waals surface area contributed by atoms with Crippen LogP contribution in [0.15, 0.2) is 4.79 Å². The average Bonchev–Trinajstić information content (AvgIpc) is 2.13.